The maximum atomic E-state index is 13.0. The molecule has 136 valence electrons. The average Bonchev–Trinajstić information content (AvgIpc) is 2.73. The molecule has 0 aliphatic heterocycles. The third-order valence-electron chi connectivity index (χ3n) is 4.27. The number of aromatic amines is 1. The van der Waals surface area contributed by atoms with Gasteiger partial charge in [-0.15, -0.1) is 0 Å². The van der Waals surface area contributed by atoms with Crippen molar-refractivity contribution in [1.82, 2.24) is 15.0 Å². The van der Waals surface area contributed by atoms with Crippen molar-refractivity contribution in [3.05, 3.63) is 99.8 Å². The molecule has 2 aromatic heterocycles. The Morgan fingerprint density at radius 3 is 2.64 bits per heavy atom. The summed E-state index contributed by atoms with van der Waals surface area (Å²) in [5.74, 6) is -0.423. The number of H-pyrrole nitrogens is 1. The quantitative estimate of drug-likeness (QED) is 0.412. The molecule has 0 saturated carbocycles. The summed E-state index contributed by atoms with van der Waals surface area (Å²) in [7, 11) is 0. The molecule has 0 atom stereocenters. The van der Waals surface area contributed by atoms with Gasteiger partial charge in [0.15, 0.2) is 5.78 Å². The minimum Gasteiger partial charge on any atom is -0.321 e. The molecule has 0 aliphatic rings. The molecule has 0 radical (unpaired) electrons. The topological polar surface area (TPSA) is 75.7 Å². The lowest BCUT2D eigenvalue weighted by Gasteiger charge is -2.11. The fourth-order valence-electron chi connectivity index (χ4n) is 3.05. The van der Waals surface area contributed by atoms with E-state index in [0.29, 0.717) is 27.2 Å². The number of halogens is 1. The molecule has 2 aromatic carbocycles. The molecule has 4 rings (SSSR count). The fraction of sp³-hybridized carbons (Fsp3) is 0. The number of pyridine rings is 1. The van der Waals surface area contributed by atoms with Crippen LogP contribution >= 0.6 is 11.6 Å². The Labute approximate surface area is 165 Å². The van der Waals surface area contributed by atoms with Gasteiger partial charge in [0.2, 0.25) is 0 Å². The summed E-state index contributed by atoms with van der Waals surface area (Å²) in [4.78, 5) is 36.6. The van der Waals surface area contributed by atoms with Gasteiger partial charge in [-0.25, -0.2) is 0 Å². The number of carbonyl (C=O) groups excluding carboxylic acids is 1. The Kier molecular flexibility index (Phi) is 4.83. The minimum absolute atomic E-state index is 0.0566. The van der Waals surface area contributed by atoms with Crippen molar-refractivity contribution in [1.29, 1.82) is 0 Å². The molecule has 0 unspecified atom stereocenters. The van der Waals surface area contributed by atoms with E-state index in [2.05, 4.69) is 15.0 Å². The van der Waals surface area contributed by atoms with E-state index in [-0.39, 0.29) is 5.56 Å². The maximum absolute atomic E-state index is 13.0. The first kappa shape index (κ1) is 17.8. The molecule has 6 heteroatoms. The van der Waals surface area contributed by atoms with Crippen LogP contribution in [0.2, 0.25) is 5.02 Å². The highest BCUT2D eigenvalue weighted by Gasteiger charge is 2.19. The fourth-order valence-corrected chi connectivity index (χ4v) is 3.22. The molecule has 5 nitrogen and oxygen atoms in total. The number of carbonyl (C=O) groups is 1. The van der Waals surface area contributed by atoms with E-state index in [1.165, 1.54) is 24.5 Å². The van der Waals surface area contributed by atoms with Gasteiger partial charge in [0.05, 0.1) is 17.5 Å². The van der Waals surface area contributed by atoms with Gasteiger partial charge in [-0.2, -0.15) is 0 Å². The Bertz CT molecular complexity index is 1250. The standard InChI is InChI=1S/C22H14ClN3O2/c23-15-6-8-18-17(12-15)20(14-4-2-1-3-5-14)21(22(28)26-18)19(27)9-7-16-13-24-10-11-25-16/h1-13H,(H,26,28). The molecule has 1 N–H and O–H groups in total. The van der Waals surface area contributed by atoms with Crippen LogP contribution in [0.5, 0.6) is 0 Å². The van der Waals surface area contributed by atoms with Gasteiger partial charge in [0, 0.05) is 33.9 Å². The van der Waals surface area contributed by atoms with Crippen LogP contribution in [0.25, 0.3) is 28.1 Å². The highest BCUT2D eigenvalue weighted by molar-refractivity contribution is 6.31. The van der Waals surface area contributed by atoms with E-state index >= 15 is 0 Å². The van der Waals surface area contributed by atoms with Crippen molar-refractivity contribution in [2.24, 2.45) is 0 Å². The molecule has 4 aromatic rings. The number of benzene rings is 2. The summed E-state index contributed by atoms with van der Waals surface area (Å²) in [5, 5.41) is 1.22. The van der Waals surface area contributed by atoms with Crippen molar-refractivity contribution in [3.8, 4) is 11.1 Å². The molecule has 0 spiro atoms. The van der Waals surface area contributed by atoms with Crippen molar-refractivity contribution < 1.29 is 4.79 Å². The molecule has 28 heavy (non-hydrogen) atoms. The highest BCUT2D eigenvalue weighted by Crippen LogP contribution is 2.31. The number of fused-ring (bicyclic) bond motifs is 1. The van der Waals surface area contributed by atoms with Crippen LogP contribution in [-0.2, 0) is 0 Å². The van der Waals surface area contributed by atoms with Crippen molar-refractivity contribution >= 4 is 34.4 Å². The number of hydrogen-bond acceptors (Lipinski definition) is 4. The lowest BCUT2D eigenvalue weighted by Crippen LogP contribution is -2.18. The van der Waals surface area contributed by atoms with E-state index < -0.39 is 11.3 Å². The second kappa shape index (κ2) is 7.58. The van der Waals surface area contributed by atoms with Gasteiger partial charge < -0.3 is 4.98 Å². The summed E-state index contributed by atoms with van der Waals surface area (Å²) in [6.45, 7) is 0. The van der Waals surface area contributed by atoms with Crippen LogP contribution in [0.3, 0.4) is 0 Å². The number of allylic oxidation sites excluding steroid dienone is 1. The first-order valence-corrected chi connectivity index (χ1v) is 8.90. The largest absolute Gasteiger partial charge is 0.321 e. The number of ketones is 1. The lowest BCUT2D eigenvalue weighted by molar-refractivity contribution is 0.104. The van der Waals surface area contributed by atoms with Crippen molar-refractivity contribution in [3.63, 3.8) is 0 Å². The number of nitrogens with one attached hydrogen (secondary N) is 1. The van der Waals surface area contributed by atoms with E-state index in [1.807, 2.05) is 30.3 Å². The highest BCUT2D eigenvalue weighted by atomic mass is 35.5. The average molecular weight is 388 g/mol. The second-order valence-electron chi connectivity index (χ2n) is 6.09. The summed E-state index contributed by atoms with van der Waals surface area (Å²) in [5.41, 5.74) is 2.05. The van der Waals surface area contributed by atoms with Crippen LogP contribution < -0.4 is 5.56 Å². The molecule has 0 amide bonds. The molecule has 0 fully saturated rings. The van der Waals surface area contributed by atoms with E-state index in [1.54, 1.807) is 24.4 Å². The van der Waals surface area contributed by atoms with Crippen molar-refractivity contribution in [2.75, 3.05) is 0 Å². The number of nitrogens with zero attached hydrogens (tertiary/aromatic N) is 2. The smallest absolute Gasteiger partial charge is 0.260 e. The predicted molar refractivity (Wildman–Crippen MR) is 110 cm³/mol. The van der Waals surface area contributed by atoms with Gasteiger partial charge in [0.25, 0.3) is 5.56 Å². The third-order valence-corrected chi connectivity index (χ3v) is 4.51. The first-order chi connectivity index (χ1) is 13.6. The molecule has 0 aliphatic carbocycles. The zero-order valence-electron chi connectivity index (χ0n) is 14.6. The monoisotopic (exact) mass is 387 g/mol. The van der Waals surface area contributed by atoms with Gasteiger partial charge >= 0.3 is 0 Å². The zero-order valence-corrected chi connectivity index (χ0v) is 15.4. The second-order valence-corrected chi connectivity index (χ2v) is 6.52. The van der Waals surface area contributed by atoms with Gasteiger partial charge in [0.1, 0.15) is 0 Å². The van der Waals surface area contributed by atoms with Crippen LogP contribution in [0.4, 0.5) is 0 Å². The summed E-state index contributed by atoms with van der Waals surface area (Å²) in [6, 6.07) is 14.5. The Hall–Kier alpha value is -3.57. The Balaban J connectivity index is 1.95. The Morgan fingerprint density at radius 2 is 1.89 bits per heavy atom. The van der Waals surface area contributed by atoms with E-state index in [0.717, 1.165) is 5.56 Å². The lowest BCUT2D eigenvalue weighted by atomic mass is 9.94. The van der Waals surface area contributed by atoms with Crippen molar-refractivity contribution in [2.45, 2.75) is 0 Å². The normalized spacial score (nSPS) is 11.2. The van der Waals surface area contributed by atoms with Gasteiger partial charge in [-0.1, -0.05) is 41.9 Å². The summed E-state index contributed by atoms with van der Waals surface area (Å²) in [6.07, 6.45) is 7.48. The van der Waals surface area contributed by atoms with E-state index in [9.17, 15) is 9.59 Å². The number of rotatable bonds is 4. The summed E-state index contributed by atoms with van der Waals surface area (Å²) < 4.78 is 0. The molecular weight excluding hydrogens is 374 g/mol. The zero-order chi connectivity index (χ0) is 19.5. The maximum Gasteiger partial charge on any atom is 0.260 e. The molecule has 2 heterocycles. The molecule has 0 saturated heterocycles. The predicted octanol–water partition coefficient (Wildman–Crippen LogP) is 4.53. The third kappa shape index (κ3) is 3.48. The van der Waals surface area contributed by atoms with Gasteiger partial charge in [-0.05, 0) is 35.9 Å². The molecular formula is C22H14ClN3O2. The number of hydrogen-bond donors (Lipinski definition) is 1. The minimum atomic E-state index is -0.456. The van der Waals surface area contributed by atoms with Crippen LogP contribution in [0, 0.1) is 0 Å². The first-order valence-electron chi connectivity index (χ1n) is 8.53. The number of aromatic nitrogens is 3. The van der Waals surface area contributed by atoms with Crippen LogP contribution in [-0.4, -0.2) is 20.7 Å². The SMILES string of the molecule is O=C(C=Cc1cnccn1)c1c(-c2ccccc2)c2cc(Cl)ccc2[nH]c1=O. The Morgan fingerprint density at radius 1 is 1.07 bits per heavy atom. The van der Waals surface area contributed by atoms with Crippen LogP contribution in [0.15, 0.2) is 78.0 Å². The van der Waals surface area contributed by atoms with Crippen LogP contribution in [0.1, 0.15) is 16.1 Å². The summed E-state index contributed by atoms with van der Waals surface area (Å²) >= 11 is 6.18. The molecule has 0 bridgehead atoms. The van der Waals surface area contributed by atoms with E-state index in [4.69, 9.17) is 11.6 Å². The van der Waals surface area contributed by atoms with Gasteiger partial charge in [-0.3, -0.25) is 19.6 Å².